The summed E-state index contributed by atoms with van der Waals surface area (Å²) in [5.74, 6) is -0.159. The molecule has 30 heavy (non-hydrogen) atoms. The van der Waals surface area contributed by atoms with Gasteiger partial charge in [0.1, 0.15) is 17.3 Å². The maximum Gasteiger partial charge on any atom is 0.336 e. The van der Waals surface area contributed by atoms with Gasteiger partial charge in [0.05, 0.1) is 23.3 Å². The molecular formula is C22H16N2O5S. The first-order valence-corrected chi connectivity index (χ1v) is 9.69. The lowest BCUT2D eigenvalue weighted by Gasteiger charge is -2.17. The van der Waals surface area contributed by atoms with Crippen LogP contribution in [-0.2, 0) is 4.79 Å². The smallest absolute Gasteiger partial charge is 0.336 e. The van der Waals surface area contributed by atoms with Gasteiger partial charge in [-0.25, -0.2) is 4.79 Å². The number of hydrogen-bond acceptors (Lipinski definition) is 6. The fourth-order valence-corrected chi connectivity index (χ4v) is 3.94. The largest absolute Gasteiger partial charge is 0.495 e. The summed E-state index contributed by atoms with van der Waals surface area (Å²) in [4.78, 5) is 26.0. The molecule has 4 rings (SSSR count). The van der Waals surface area contributed by atoms with E-state index in [1.165, 1.54) is 18.1 Å². The Morgan fingerprint density at radius 2 is 1.87 bits per heavy atom. The zero-order valence-corrected chi connectivity index (χ0v) is 16.6. The van der Waals surface area contributed by atoms with Crippen LogP contribution >= 0.6 is 11.8 Å². The summed E-state index contributed by atoms with van der Waals surface area (Å²) < 4.78 is 11.1. The van der Waals surface area contributed by atoms with Gasteiger partial charge in [-0.1, -0.05) is 30.3 Å². The van der Waals surface area contributed by atoms with Crippen LogP contribution in [0.5, 0.6) is 5.75 Å². The number of anilines is 1. The summed E-state index contributed by atoms with van der Waals surface area (Å²) in [6.07, 6.45) is 1.55. The van der Waals surface area contributed by atoms with E-state index in [0.29, 0.717) is 33.4 Å². The number of hydrogen-bond donors (Lipinski definition) is 2. The van der Waals surface area contributed by atoms with Gasteiger partial charge in [0.15, 0.2) is 5.17 Å². The first-order valence-electron chi connectivity index (χ1n) is 8.87. The Kier molecular flexibility index (Phi) is 5.16. The highest BCUT2D eigenvalue weighted by atomic mass is 32.2. The van der Waals surface area contributed by atoms with Crippen molar-refractivity contribution in [3.8, 4) is 17.1 Å². The molecule has 2 heterocycles. The number of carbonyl (C=O) groups is 2. The number of nitrogens with one attached hydrogen (secondary N) is 1. The number of aromatic carboxylic acids is 1. The minimum Gasteiger partial charge on any atom is -0.495 e. The van der Waals surface area contributed by atoms with E-state index >= 15 is 0 Å². The number of amides is 1. The van der Waals surface area contributed by atoms with E-state index < -0.39 is 5.97 Å². The lowest BCUT2D eigenvalue weighted by Crippen LogP contribution is -2.28. The number of furan rings is 1. The molecule has 1 fully saturated rings. The number of nitrogens with zero attached hydrogens (tertiary/aromatic N) is 1. The number of benzene rings is 2. The molecule has 2 N–H and O–H groups in total. The van der Waals surface area contributed by atoms with Crippen LogP contribution in [0.3, 0.4) is 0 Å². The summed E-state index contributed by atoms with van der Waals surface area (Å²) in [6.45, 7) is 0. The highest BCUT2D eigenvalue weighted by Gasteiger charge is 2.35. The quantitative estimate of drug-likeness (QED) is 0.580. The Labute approximate surface area is 176 Å². The maximum atomic E-state index is 12.9. The minimum absolute atomic E-state index is 0.0544. The molecule has 0 saturated carbocycles. The van der Waals surface area contributed by atoms with E-state index in [9.17, 15) is 14.7 Å². The van der Waals surface area contributed by atoms with Gasteiger partial charge in [-0.05, 0) is 42.1 Å². The third-order valence-electron chi connectivity index (χ3n) is 4.47. The summed E-state index contributed by atoms with van der Waals surface area (Å²) in [5, 5.41) is 17.7. The molecule has 1 aromatic heterocycles. The first-order chi connectivity index (χ1) is 14.5. The number of para-hydroxylation sites is 2. The number of carboxylic acid groups (broad SMARTS) is 1. The standard InChI is InChI=1S/C22H16N2O5S/c1-28-18-9-5-4-8-16(18)24-20(25)19(30-22(24)23)12-13-10-11-17(29-13)14-6-2-3-7-15(14)21(26)27/h2-12,23H,1H3,(H,26,27)/b19-12+,23-22?. The van der Waals surface area contributed by atoms with Crippen molar-refractivity contribution in [2.45, 2.75) is 0 Å². The molecule has 3 aromatic rings. The highest BCUT2D eigenvalue weighted by molar-refractivity contribution is 8.19. The number of methoxy groups -OCH3 is 1. The molecule has 0 radical (unpaired) electrons. The molecule has 1 amide bonds. The van der Waals surface area contributed by atoms with Crippen LogP contribution in [0.4, 0.5) is 5.69 Å². The third-order valence-corrected chi connectivity index (χ3v) is 5.36. The predicted octanol–water partition coefficient (Wildman–Crippen LogP) is 4.71. The normalized spacial score (nSPS) is 15.1. The summed E-state index contributed by atoms with van der Waals surface area (Å²) in [5.41, 5.74) is 1.06. The molecule has 0 bridgehead atoms. The van der Waals surface area contributed by atoms with E-state index in [2.05, 4.69) is 0 Å². The van der Waals surface area contributed by atoms with E-state index in [1.807, 2.05) is 0 Å². The van der Waals surface area contributed by atoms with Gasteiger partial charge in [0.2, 0.25) is 0 Å². The second-order valence-electron chi connectivity index (χ2n) is 6.28. The average molecular weight is 420 g/mol. The van der Waals surface area contributed by atoms with Gasteiger partial charge in [0, 0.05) is 11.6 Å². The Bertz CT molecular complexity index is 1200. The Hall–Kier alpha value is -3.78. The summed E-state index contributed by atoms with van der Waals surface area (Å²) in [7, 11) is 1.51. The van der Waals surface area contributed by atoms with Crippen molar-refractivity contribution in [3.63, 3.8) is 0 Å². The van der Waals surface area contributed by atoms with E-state index in [0.717, 1.165) is 11.8 Å². The monoisotopic (exact) mass is 420 g/mol. The second-order valence-corrected chi connectivity index (χ2v) is 7.31. The van der Waals surface area contributed by atoms with E-state index in [-0.39, 0.29) is 16.6 Å². The zero-order valence-electron chi connectivity index (χ0n) is 15.8. The summed E-state index contributed by atoms with van der Waals surface area (Å²) in [6, 6.07) is 16.8. The van der Waals surface area contributed by atoms with Crippen molar-refractivity contribution in [1.82, 2.24) is 0 Å². The molecule has 8 heteroatoms. The van der Waals surface area contributed by atoms with Gasteiger partial charge >= 0.3 is 5.97 Å². The maximum absolute atomic E-state index is 12.9. The molecule has 0 unspecified atom stereocenters. The van der Waals surface area contributed by atoms with Crippen LogP contribution in [-0.4, -0.2) is 29.3 Å². The number of carboxylic acids is 1. The van der Waals surface area contributed by atoms with Crippen molar-refractivity contribution in [2.24, 2.45) is 0 Å². The number of rotatable bonds is 5. The van der Waals surface area contributed by atoms with Crippen LogP contribution in [0, 0.1) is 5.41 Å². The van der Waals surface area contributed by atoms with Crippen molar-refractivity contribution >= 4 is 40.6 Å². The molecule has 0 atom stereocenters. The van der Waals surface area contributed by atoms with Crippen LogP contribution < -0.4 is 9.64 Å². The number of amidine groups is 1. The highest BCUT2D eigenvalue weighted by Crippen LogP contribution is 2.39. The van der Waals surface area contributed by atoms with Gasteiger partial charge in [-0.3, -0.25) is 15.1 Å². The van der Waals surface area contributed by atoms with Crippen molar-refractivity contribution in [1.29, 1.82) is 5.41 Å². The number of carbonyl (C=O) groups excluding carboxylic acids is 1. The molecule has 1 saturated heterocycles. The van der Waals surface area contributed by atoms with Gasteiger partial charge in [-0.2, -0.15) is 0 Å². The molecule has 1 aliphatic rings. The van der Waals surface area contributed by atoms with Gasteiger partial charge < -0.3 is 14.3 Å². The van der Waals surface area contributed by atoms with Crippen LogP contribution in [0.2, 0.25) is 0 Å². The Balaban J connectivity index is 1.65. The minimum atomic E-state index is -1.05. The van der Waals surface area contributed by atoms with Crippen molar-refractivity contribution < 1.29 is 23.8 Å². The van der Waals surface area contributed by atoms with Crippen LogP contribution in [0.15, 0.2) is 70.0 Å². The van der Waals surface area contributed by atoms with Gasteiger partial charge in [-0.15, -0.1) is 0 Å². The first kappa shape index (κ1) is 19.5. The lowest BCUT2D eigenvalue weighted by atomic mass is 10.1. The van der Waals surface area contributed by atoms with E-state index in [4.69, 9.17) is 14.6 Å². The topological polar surface area (TPSA) is 104 Å². The molecule has 2 aromatic carbocycles. The SMILES string of the molecule is COc1ccccc1N1C(=N)S/C(=C/c2ccc(-c3ccccc3C(=O)O)o2)C1=O. The lowest BCUT2D eigenvalue weighted by molar-refractivity contribution is -0.113. The Morgan fingerprint density at radius 1 is 1.13 bits per heavy atom. The molecule has 0 spiro atoms. The molecule has 150 valence electrons. The average Bonchev–Trinajstić information content (AvgIpc) is 3.32. The van der Waals surface area contributed by atoms with Crippen molar-refractivity contribution in [3.05, 3.63) is 76.9 Å². The number of thioether (sulfide) groups is 1. The van der Waals surface area contributed by atoms with Crippen molar-refractivity contribution in [2.75, 3.05) is 12.0 Å². The molecular weight excluding hydrogens is 404 g/mol. The fraction of sp³-hybridized carbons (Fsp3) is 0.0455. The van der Waals surface area contributed by atoms with Gasteiger partial charge in [0.25, 0.3) is 5.91 Å². The molecule has 0 aliphatic carbocycles. The second kappa shape index (κ2) is 7.92. The summed E-state index contributed by atoms with van der Waals surface area (Å²) >= 11 is 1.01. The zero-order chi connectivity index (χ0) is 21.3. The predicted molar refractivity (Wildman–Crippen MR) is 115 cm³/mol. The van der Waals surface area contributed by atoms with Crippen LogP contribution in [0.25, 0.3) is 17.4 Å². The fourth-order valence-electron chi connectivity index (χ4n) is 3.11. The number of ether oxygens (including phenoxy) is 1. The Morgan fingerprint density at radius 3 is 2.63 bits per heavy atom. The van der Waals surface area contributed by atoms with Crippen LogP contribution in [0.1, 0.15) is 16.1 Å². The van der Waals surface area contributed by atoms with E-state index in [1.54, 1.807) is 60.7 Å². The third kappa shape index (κ3) is 3.48. The molecule has 1 aliphatic heterocycles. The molecule has 7 nitrogen and oxygen atoms in total.